The third kappa shape index (κ3) is 2.37. The van der Waals surface area contributed by atoms with Gasteiger partial charge in [-0.15, -0.1) is 0 Å². The minimum absolute atomic E-state index is 0.123. The third-order valence-corrected chi connectivity index (χ3v) is 3.72. The molecule has 1 aliphatic rings. The van der Waals surface area contributed by atoms with Crippen LogP contribution in [0.2, 0.25) is 0 Å². The maximum absolute atomic E-state index is 13.9. The van der Waals surface area contributed by atoms with E-state index in [2.05, 4.69) is 13.8 Å². The molecule has 2 nitrogen and oxygen atoms in total. The Kier molecular flexibility index (Phi) is 3.91. The molecule has 0 aliphatic carbocycles. The third-order valence-electron chi connectivity index (χ3n) is 3.72. The second-order valence-corrected chi connectivity index (χ2v) is 5.25. The van der Waals surface area contributed by atoms with Gasteiger partial charge in [0, 0.05) is 18.0 Å². The second-order valence-electron chi connectivity index (χ2n) is 5.25. The van der Waals surface area contributed by atoms with E-state index in [4.69, 9.17) is 10.5 Å². The van der Waals surface area contributed by atoms with Crippen molar-refractivity contribution in [2.45, 2.75) is 57.6 Å². The maximum Gasteiger partial charge on any atom is 0.165 e. The first-order chi connectivity index (χ1) is 8.62. The molecule has 0 amide bonds. The van der Waals surface area contributed by atoms with E-state index >= 15 is 0 Å². The van der Waals surface area contributed by atoms with Gasteiger partial charge in [-0.1, -0.05) is 38.8 Å². The molecule has 0 bridgehead atoms. The van der Waals surface area contributed by atoms with Crippen LogP contribution in [-0.4, -0.2) is 5.60 Å². The number of rotatable bonds is 4. The number of hydrogen-bond donors (Lipinski definition) is 1. The molecule has 1 aromatic rings. The lowest BCUT2D eigenvalue weighted by Gasteiger charge is -2.41. The van der Waals surface area contributed by atoms with Gasteiger partial charge in [0.15, 0.2) is 11.6 Å². The summed E-state index contributed by atoms with van der Waals surface area (Å²) in [5, 5.41) is 0. The average molecular weight is 251 g/mol. The zero-order chi connectivity index (χ0) is 13.2. The van der Waals surface area contributed by atoms with E-state index in [0.717, 1.165) is 37.7 Å². The number of fused-ring (bicyclic) bond motifs is 1. The maximum atomic E-state index is 13.9. The number of benzene rings is 1. The van der Waals surface area contributed by atoms with Gasteiger partial charge in [0.1, 0.15) is 5.60 Å². The molecule has 2 rings (SSSR count). The van der Waals surface area contributed by atoms with Gasteiger partial charge in [-0.05, 0) is 18.9 Å². The molecular formula is C15H22FNO. The Morgan fingerprint density at radius 3 is 2.61 bits per heavy atom. The average Bonchev–Trinajstić information content (AvgIpc) is 2.31. The van der Waals surface area contributed by atoms with Gasteiger partial charge < -0.3 is 10.5 Å². The molecule has 0 saturated carbocycles. The lowest BCUT2D eigenvalue weighted by atomic mass is 9.81. The van der Waals surface area contributed by atoms with Crippen LogP contribution in [0.25, 0.3) is 0 Å². The summed E-state index contributed by atoms with van der Waals surface area (Å²) in [5.41, 5.74) is 6.73. The van der Waals surface area contributed by atoms with Crippen LogP contribution in [0.3, 0.4) is 0 Å². The molecule has 0 spiro atoms. The summed E-state index contributed by atoms with van der Waals surface area (Å²) in [4.78, 5) is 0. The summed E-state index contributed by atoms with van der Waals surface area (Å²) in [5.74, 6) is 0.0809. The highest BCUT2D eigenvalue weighted by Crippen LogP contribution is 2.43. The highest BCUT2D eigenvalue weighted by atomic mass is 19.1. The topological polar surface area (TPSA) is 35.2 Å². The Labute approximate surface area is 108 Å². The van der Waals surface area contributed by atoms with Crippen molar-refractivity contribution in [1.29, 1.82) is 0 Å². The minimum Gasteiger partial charge on any atom is -0.484 e. The van der Waals surface area contributed by atoms with Crippen molar-refractivity contribution in [1.82, 2.24) is 0 Å². The van der Waals surface area contributed by atoms with Gasteiger partial charge in [-0.2, -0.15) is 0 Å². The molecular weight excluding hydrogens is 229 g/mol. The molecule has 18 heavy (non-hydrogen) atoms. The molecule has 1 aliphatic heterocycles. The first-order valence-electron chi connectivity index (χ1n) is 6.85. The van der Waals surface area contributed by atoms with E-state index in [1.54, 1.807) is 6.07 Å². The summed E-state index contributed by atoms with van der Waals surface area (Å²) in [6.07, 6.45) is 4.70. The monoisotopic (exact) mass is 251 g/mol. The van der Waals surface area contributed by atoms with E-state index < -0.39 is 0 Å². The summed E-state index contributed by atoms with van der Waals surface area (Å²) >= 11 is 0. The summed E-state index contributed by atoms with van der Waals surface area (Å²) in [6.45, 7) is 4.26. The number of ether oxygens (including phenoxy) is 1. The minimum atomic E-state index is -0.292. The molecule has 100 valence electrons. The Morgan fingerprint density at radius 1 is 1.33 bits per heavy atom. The van der Waals surface area contributed by atoms with Crippen LogP contribution >= 0.6 is 0 Å². The molecule has 2 N–H and O–H groups in total. The largest absolute Gasteiger partial charge is 0.484 e. The van der Waals surface area contributed by atoms with E-state index in [0.29, 0.717) is 5.75 Å². The predicted octanol–water partition coefficient (Wildman–Crippen LogP) is 3.95. The lowest BCUT2D eigenvalue weighted by molar-refractivity contribution is 0.0139. The Hall–Kier alpha value is -1.09. The molecule has 0 radical (unpaired) electrons. The highest BCUT2D eigenvalue weighted by Gasteiger charge is 2.39. The van der Waals surface area contributed by atoms with Crippen LogP contribution in [0, 0.1) is 5.82 Å². The fourth-order valence-corrected chi connectivity index (χ4v) is 3.04. The van der Waals surface area contributed by atoms with Crippen molar-refractivity contribution >= 4 is 0 Å². The lowest BCUT2D eigenvalue weighted by Crippen LogP contribution is -2.43. The molecule has 3 heteroatoms. The van der Waals surface area contributed by atoms with Crippen molar-refractivity contribution in [3.8, 4) is 5.75 Å². The van der Waals surface area contributed by atoms with Gasteiger partial charge in [-0.3, -0.25) is 0 Å². The zero-order valence-corrected chi connectivity index (χ0v) is 11.2. The number of hydrogen-bond acceptors (Lipinski definition) is 2. The van der Waals surface area contributed by atoms with Crippen molar-refractivity contribution < 1.29 is 9.13 Å². The van der Waals surface area contributed by atoms with Crippen molar-refractivity contribution in [3.05, 3.63) is 29.6 Å². The van der Waals surface area contributed by atoms with Crippen molar-refractivity contribution in [3.63, 3.8) is 0 Å². The summed E-state index contributed by atoms with van der Waals surface area (Å²) in [6, 6.07) is 4.89. The van der Waals surface area contributed by atoms with Crippen LogP contribution in [0.1, 0.15) is 57.6 Å². The Balaban J connectivity index is 2.37. The smallest absolute Gasteiger partial charge is 0.165 e. The van der Waals surface area contributed by atoms with Crippen molar-refractivity contribution in [2.24, 2.45) is 5.73 Å². The van der Waals surface area contributed by atoms with Gasteiger partial charge in [0.05, 0.1) is 0 Å². The Morgan fingerprint density at radius 2 is 2.00 bits per heavy atom. The van der Waals surface area contributed by atoms with Crippen molar-refractivity contribution in [2.75, 3.05) is 0 Å². The molecule has 1 atom stereocenters. The standard InChI is InChI=1S/C15H22FNO/c1-3-8-15(9-4-2)10-13(17)11-6-5-7-12(16)14(11)18-15/h5-7,13H,3-4,8-10,17H2,1-2H3/t13-/m1/s1. The van der Waals surface area contributed by atoms with E-state index in [-0.39, 0.29) is 17.5 Å². The highest BCUT2D eigenvalue weighted by molar-refractivity contribution is 5.40. The van der Waals surface area contributed by atoms with E-state index in [1.807, 2.05) is 6.07 Å². The van der Waals surface area contributed by atoms with Gasteiger partial charge in [0.2, 0.25) is 0 Å². The van der Waals surface area contributed by atoms with Crippen LogP contribution in [-0.2, 0) is 0 Å². The van der Waals surface area contributed by atoms with Crippen LogP contribution in [0.5, 0.6) is 5.75 Å². The molecule has 0 unspecified atom stereocenters. The Bertz CT molecular complexity index is 413. The molecule has 0 aromatic heterocycles. The SMILES string of the molecule is CCCC1(CCC)C[C@@H](N)c2cccc(F)c2O1. The summed E-state index contributed by atoms with van der Waals surface area (Å²) < 4.78 is 19.9. The van der Waals surface area contributed by atoms with E-state index in [1.165, 1.54) is 6.07 Å². The predicted molar refractivity (Wildman–Crippen MR) is 71.1 cm³/mol. The first-order valence-corrected chi connectivity index (χ1v) is 6.85. The van der Waals surface area contributed by atoms with Crippen LogP contribution in [0.4, 0.5) is 4.39 Å². The second kappa shape index (κ2) is 5.27. The quantitative estimate of drug-likeness (QED) is 0.879. The summed E-state index contributed by atoms with van der Waals surface area (Å²) in [7, 11) is 0. The molecule has 1 aromatic carbocycles. The zero-order valence-electron chi connectivity index (χ0n) is 11.2. The van der Waals surface area contributed by atoms with Gasteiger partial charge in [0.25, 0.3) is 0 Å². The van der Waals surface area contributed by atoms with E-state index in [9.17, 15) is 4.39 Å². The normalized spacial score (nSPS) is 21.2. The van der Waals surface area contributed by atoms with Gasteiger partial charge >= 0.3 is 0 Å². The molecule has 0 saturated heterocycles. The molecule has 1 heterocycles. The fraction of sp³-hybridized carbons (Fsp3) is 0.600. The van der Waals surface area contributed by atoms with Gasteiger partial charge in [-0.25, -0.2) is 4.39 Å². The van der Waals surface area contributed by atoms with Crippen LogP contribution < -0.4 is 10.5 Å². The fourth-order valence-electron chi connectivity index (χ4n) is 3.04. The number of halogens is 1. The number of nitrogens with two attached hydrogens (primary N) is 1. The first kappa shape index (κ1) is 13.3. The van der Waals surface area contributed by atoms with Crippen LogP contribution in [0.15, 0.2) is 18.2 Å². The molecule has 0 fully saturated rings. The number of para-hydroxylation sites is 1.